The molecule has 1 unspecified atom stereocenters. The van der Waals surface area contributed by atoms with E-state index >= 15 is 0 Å². The summed E-state index contributed by atoms with van der Waals surface area (Å²) in [5, 5.41) is 3.51. The number of rotatable bonds is 7. The highest BCUT2D eigenvalue weighted by Gasteiger charge is 2.26. The van der Waals surface area contributed by atoms with Crippen molar-refractivity contribution in [1.82, 2.24) is 10.2 Å². The minimum Gasteiger partial charge on any atom is -0.352 e. The van der Waals surface area contributed by atoms with Crippen LogP contribution in [0, 0.1) is 13.8 Å². The second kappa shape index (κ2) is 9.74. The number of hydrogen-bond acceptors (Lipinski definition) is 2. The third-order valence-electron chi connectivity index (χ3n) is 4.77. The third-order valence-corrected chi connectivity index (χ3v) is 5.00. The van der Waals surface area contributed by atoms with Crippen molar-refractivity contribution in [1.29, 1.82) is 0 Å². The van der Waals surface area contributed by atoms with E-state index in [1.54, 1.807) is 17.9 Å². The molecule has 0 aliphatic carbocycles. The van der Waals surface area contributed by atoms with Crippen LogP contribution in [0.5, 0.6) is 0 Å². The van der Waals surface area contributed by atoms with Crippen LogP contribution in [0.4, 0.5) is 0 Å². The van der Waals surface area contributed by atoms with E-state index in [2.05, 4.69) is 5.32 Å². The van der Waals surface area contributed by atoms with Crippen molar-refractivity contribution < 1.29 is 9.59 Å². The molecule has 2 rings (SSSR count). The van der Waals surface area contributed by atoms with Crippen LogP contribution >= 0.6 is 11.6 Å². The lowest BCUT2D eigenvalue weighted by Gasteiger charge is -2.29. The van der Waals surface area contributed by atoms with Crippen molar-refractivity contribution in [2.75, 3.05) is 0 Å². The van der Waals surface area contributed by atoms with Gasteiger partial charge in [0.15, 0.2) is 0 Å². The molecule has 150 valence electrons. The molecular weight excluding hydrogens is 372 g/mol. The summed E-state index contributed by atoms with van der Waals surface area (Å²) < 4.78 is 0. The van der Waals surface area contributed by atoms with E-state index in [0.717, 1.165) is 16.7 Å². The van der Waals surface area contributed by atoms with Crippen LogP contribution in [-0.2, 0) is 22.6 Å². The van der Waals surface area contributed by atoms with Crippen molar-refractivity contribution in [2.45, 2.75) is 59.7 Å². The summed E-state index contributed by atoms with van der Waals surface area (Å²) >= 11 is 6.10. The van der Waals surface area contributed by atoms with Gasteiger partial charge in [-0.15, -0.1) is 0 Å². The minimum absolute atomic E-state index is 0.0119. The van der Waals surface area contributed by atoms with Crippen molar-refractivity contribution in [2.24, 2.45) is 0 Å². The summed E-state index contributed by atoms with van der Waals surface area (Å²) in [5.74, 6) is -0.250. The highest BCUT2D eigenvalue weighted by molar-refractivity contribution is 6.30. The molecular formula is C23H29ClN2O2. The molecule has 0 fully saturated rings. The Hall–Kier alpha value is -2.33. The lowest BCUT2D eigenvalue weighted by Crippen LogP contribution is -2.49. The zero-order chi connectivity index (χ0) is 20.8. The average molecular weight is 401 g/mol. The zero-order valence-corrected chi connectivity index (χ0v) is 18.0. The fraction of sp³-hybridized carbons (Fsp3) is 0.391. The molecule has 5 heteroatoms. The van der Waals surface area contributed by atoms with Gasteiger partial charge in [-0.2, -0.15) is 0 Å². The first-order valence-electron chi connectivity index (χ1n) is 9.57. The number of halogens is 1. The molecule has 2 aromatic rings. The molecule has 1 atom stereocenters. The molecule has 0 aliphatic heterocycles. The first-order valence-corrected chi connectivity index (χ1v) is 9.95. The van der Waals surface area contributed by atoms with Crippen LogP contribution in [-0.4, -0.2) is 28.8 Å². The predicted octanol–water partition coefficient (Wildman–Crippen LogP) is 4.44. The molecule has 0 spiro atoms. The summed E-state index contributed by atoms with van der Waals surface area (Å²) in [5.41, 5.74) is 4.18. The van der Waals surface area contributed by atoms with E-state index in [0.29, 0.717) is 11.6 Å². The normalized spacial score (nSPS) is 12.0. The molecule has 0 saturated carbocycles. The van der Waals surface area contributed by atoms with Crippen molar-refractivity contribution in [3.63, 3.8) is 0 Å². The smallest absolute Gasteiger partial charge is 0.242 e. The number of aryl methyl sites for hydroxylation is 2. The number of nitrogens with zero attached hydrogens (tertiary/aromatic N) is 1. The second-order valence-corrected chi connectivity index (χ2v) is 8.02. The first-order chi connectivity index (χ1) is 13.2. The van der Waals surface area contributed by atoms with Gasteiger partial charge in [0.05, 0.1) is 6.42 Å². The van der Waals surface area contributed by atoms with Gasteiger partial charge in [0.25, 0.3) is 0 Å². The Kier molecular flexibility index (Phi) is 7.64. The molecule has 1 N–H and O–H groups in total. The fourth-order valence-corrected chi connectivity index (χ4v) is 3.22. The second-order valence-electron chi connectivity index (χ2n) is 7.59. The van der Waals surface area contributed by atoms with E-state index in [-0.39, 0.29) is 24.3 Å². The summed E-state index contributed by atoms with van der Waals surface area (Å²) in [4.78, 5) is 27.3. The number of benzene rings is 2. The monoisotopic (exact) mass is 400 g/mol. The standard InChI is InChI=1S/C23H29ClN2O2/c1-15(2)25-23(28)18(5)26(14-20-7-6-8-21(24)12-20)22(27)13-19-10-9-16(3)17(4)11-19/h6-12,15,18H,13-14H2,1-5H3,(H,25,28). The number of amides is 2. The molecule has 2 amide bonds. The average Bonchev–Trinajstić information content (AvgIpc) is 2.61. The number of carbonyl (C=O) groups is 2. The predicted molar refractivity (Wildman–Crippen MR) is 114 cm³/mol. The van der Waals surface area contributed by atoms with Gasteiger partial charge in [-0.1, -0.05) is 41.9 Å². The first kappa shape index (κ1) is 22.0. The summed E-state index contributed by atoms with van der Waals surface area (Å²) in [6.07, 6.45) is 0.251. The van der Waals surface area contributed by atoms with Crippen LogP contribution in [0.2, 0.25) is 5.02 Å². The number of nitrogens with one attached hydrogen (secondary N) is 1. The Labute approximate surface area is 172 Å². The zero-order valence-electron chi connectivity index (χ0n) is 17.3. The largest absolute Gasteiger partial charge is 0.352 e. The van der Waals surface area contributed by atoms with Crippen molar-refractivity contribution in [3.8, 4) is 0 Å². The minimum atomic E-state index is -0.583. The van der Waals surface area contributed by atoms with Gasteiger partial charge in [0, 0.05) is 17.6 Å². The Balaban J connectivity index is 2.26. The Morgan fingerprint density at radius 3 is 2.32 bits per heavy atom. The molecule has 0 heterocycles. The quantitative estimate of drug-likeness (QED) is 0.746. The van der Waals surface area contributed by atoms with E-state index in [1.807, 2.05) is 64.1 Å². The molecule has 0 aliphatic rings. The van der Waals surface area contributed by atoms with Gasteiger partial charge in [0.2, 0.25) is 11.8 Å². The molecule has 28 heavy (non-hydrogen) atoms. The number of carbonyl (C=O) groups excluding carboxylic acids is 2. The van der Waals surface area contributed by atoms with Crippen LogP contribution in [0.3, 0.4) is 0 Å². The van der Waals surface area contributed by atoms with E-state index in [9.17, 15) is 9.59 Å². The Morgan fingerprint density at radius 1 is 1.00 bits per heavy atom. The van der Waals surface area contributed by atoms with Crippen LogP contribution in [0.25, 0.3) is 0 Å². The summed E-state index contributed by atoms with van der Waals surface area (Å²) in [6.45, 7) is 9.99. The third kappa shape index (κ3) is 6.10. The van der Waals surface area contributed by atoms with E-state index < -0.39 is 6.04 Å². The molecule has 0 aromatic heterocycles. The summed E-state index contributed by atoms with van der Waals surface area (Å²) in [6, 6.07) is 12.8. The lowest BCUT2D eigenvalue weighted by molar-refractivity contribution is -0.140. The Bertz CT molecular complexity index is 848. The Morgan fingerprint density at radius 2 is 1.71 bits per heavy atom. The van der Waals surface area contributed by atoms with Gasteiger partial charge < -0.3 is 10.2 Å². The molecule has 0 radical (unpaired) electrons. The molecule has 4 nitrogen and oxygen atoms in total. The molecule has 0 bridgehead atoms. The van der Waals surface area contributed by atoms with E-state index in [1.165, 1.54) is 5.56 Å². The molecule has 2 aromatic carbocycles. The van der Waals surface area contributed by atoms with Gasteiger partial charge in [-0.3, -0.25) is 9.59 Å². The SMILES string of the molecule is Cc1ccc(CC(=O)N(Cc2cccc(Cl)c2)C(C)C(=O)NC(C)C)cc1C. The van der Waals surface area contributed by atoms with Crippen LogP contribution < -0.4 is 5.32 Å². The van der Waals surface area contributed by atoms with Gasteiger partial charge >= 0.3 is 0 Å². The topological polar surface area (TPSA) is 49.4 Å². The molecule has 0 saturated heterocycles. The highest BCUT2D eigenvalue weighted by atomic mass is 35.5. The maximum atomic E-state index is 13.1. The lowest BCUT2D eigenvalue weighted by atomic mass is 10.0. The maximum absolute atomic E-state index is 13.1. The fourth-order valence-electron chi connectivity index (χ4n) is 3.01. The number of hydrogen-bond donors (Lipinski definition) is 1. The van der Waals surface area contributed by atoms with Crippen molar-refractivity contribution >= 4 is 23.4 Å². The summed E-state index contributed by atoms with van der Waals surface area (Å²) in [7, 11) is 0. The van der Waals surface area contributed by atoms with Crippen LogP contribution in [0.15, 0.2) is 42.5 Å². The maximum Gasteiger partial charge on any atom is 0.242 e. The van der Waals surface area contributed by atoms with Gasteiger partial charge in [-0.05, 0) is 69.0 Å². The van der Waals surface area contributed by atoms with Crippen LogP contribution in [0.1, 0.15) is 43.0 Å². The van der Waals surface area contributed by atoms with Crippen molar-refractivity contribution in [3.05, 3.63) is 69.7 Å². The van der Waals surface area contributed by atoms with Gasteiger partial charge in [-0.25, -0.2) is 0 Å². The highest BCUT2D eigenvalue weighted by Crippen LogP contribution is 2.17. The van der Waals surface area contributed by atoms with Gasteiger partial charge in [0.1, 0.15) is 6.04 Å². The van der Waals surface area contributed by atoms with E-state index in [4.69, 9.17) is 11.6 Å².